The molecule has 2 fully saturated rings. The van der Waals surface area contributed by atoms with Crippen LogP contribution >= 0.6 is 31.9 Å². The first-order valence-electron chi connectivity index (χ1n) is 10.5. The summed E-state index contributed by atoms with van der Waals surface area (Å²) in [5.41, 5.74) is -1.18. The molecule has 4 atom stereocenters. The Labute approximate surface area is 196 Å². The van der Waals surface area contributed by atoms with E-state index in [4.69, 9.17) is 9.47 Å². The molecular formula is C21H34Br2N2O5. The molecule has 0 aliphatic carbocycles. The van der Waals surface area contributed by atoms with Crippen molar-refractivity contribution in [3.63, 3.8) is 0 Å². The molecule has 0 radical (unpaired) electrons. The lowest BCUT2D eigenvalue weighted by Crippen LogP contribution is -2.51. The fourth-order valence-corrected chi connectivity index (χ4v) is 5.84. The molecule has 0 N–H and O–H groups in total. The van der Waals surface area contributed by atoms with Gasteiger partial charge in [-0.15, -0.1) is 0 Å². The maximum absolute atomic E-state index is 13.3. The van der Waals surface area contributed by atoms with Crippen LogP contribution in [0.2, 0.25) is 0 Å². The molecule has 2 unspecified atom stereocenters. The van der Waals surface area contributed by atoms with Gasteiger partial charge in [0, 0.05) is 13.1 Å². The van der Waals surface area contributed by atoms with Crippen LogP contribution < -0.4 is 0 Å². The Kier molecular flexibility index (Phi) is 8.27. The van der Waals surface area contributed by atoms with Gasteiger partial charge in [0.05, 0.1) is 21.7 Å². The van der Waals surface area contributed by atoms with E-state index in [0.29, 0.717) is 13.1 Å². The molecule has 2 heterocycles. The van der Waals surface area contributed by atoms with E-state index in [1.165, 1.54) is 0 Å². The van der Waals surface area contributed by atoms with E-state index < -0.39 is 33.0 Å². The highest BCUT2D eigenvalue weighted by Gasteiger charge is 2.45. The Hall–Kier alpha value is -0.830. The molecule has 0 aromatic rings. The third-order valence-electron chi connectivity index (χ3n) is 5.07. The van der Waals surface area contributed by atoms with Gasteiger partial charge in [0.1, 0.15) is 11.2 Å². The smallest absolute Gasteiger partial charge is 0.410 e. The summed E-state index contributed by atoms with van der Waals surface area (Å²) in [6, 6.07) is -0.549. The van der Waals surface area contributed by atoms with Crippen molar-refractivity contribution < 1.29 is 23.9 Å². The molecule has 9 heteroatoms. The number of carbonyl (C=O) groups is 3. The summed E-state index contributed by atoms with van der Waals surface area (Å²) in [6.45, 7) is 12.1. The second-order valence-corrected chi connectivity index (χ2v) is 11.9. The molecule has 0 aromatic heterocycles. The Balaban J connectivity index is 2.07. The van der Waals surface area contributed by atoms with Crippen molar-refractivity contribution in [2.75, 3.05) is 13.1 Å². The number of Topliss-reactive ketones (excluding diaryl/α,β-unsaturated/α-hetero) is 1. The average molecular weight is 554 g/mol. The van der Waals surface area contributed by atoms with Crippen molar-refractivity contribution in [2.45, 2.75) is 100 Å². The summed E-state index contributed by atoms with van der Waals surface area (Å²) in [6.07, 6.45) is 2.29. The van der Waals surface area contributed by atoms with Crippen LogP contribution in [-0.2, 0) is 14.3 Å². The highest BCUT2D eigenvalue weighted by molar-refractivity contribution is 9.10. The minimum Gasteiger partial charge on any atom is -0.444 e. The number of rotatable bonds is 4. The number of hydrogen-bond acceptors (Lipinski definition) is 5. The molecule has 30 heavy (non-hydrogen) atoms. The fraction of sp³-hybridized carbons (Fsp3) is 0.857. The molecule has 0 spiro atoms. The summed E-state index contributed by atoms with van der Waals surface area (Å²) in [5, 5.41) is 0. The number of hydrogen-bond donors (Lipinski definition) is 0. The van der Waals surface area contributed by atoms with Crippen LogP contribution in [0.4, 0.5) is 9.59 Å². The number of ether oxygens (including phenoxy) is 2. The first-order valence-corrected chi connectivity index (χ1v) is 12.4. The monoisotopic (exact) mass is 552 g/mol. The number of alkyl halides is 2. The van der Waals surface area contributed by atoms with Crippen LogP contribution in [0, 0.1) is 0 Å². The number of halogens is 2. The molecule has 0 bridgehead atoms. The van der Waals surface area contributed by atoms with Crippen molar-refractivity contribution in [3.05, 3.63) is 0 Å². The molecule has 2 aliphatic rings. The van der Waals surface area contributed by atoms with Crippen LogP contribution in [0.5, 0.6) is 0 Å². The van der Waals surface area contributed by atoms with Gasteiger partial charge >= 0.3 is 12.2 Å². The van der Waals surface area contributed by atoms with Gasteiger partial charge in [0.2, 0.25) is 0 Å². The average Bonchev–Trinajstić information content (AvgIpc) is 3.25. The molecule has 2 amide bonds. The molecule has 2 saturated heterocycles. The van der Waals surface area contributed by atoms with E-state index in [2.05, 4.69) is 31.9 Å². The van der Waals surface area contributed by atoms with Gasteiger partial charge < -0.3 is 19.3 Å². The first-order chi connectivity index (χ1) is 13.7. The Morgan fingerprint density at radius 2 is 1.10 bits per heavy atom. The lowest BCUT2D eigenvalue weighted by molar-refractivity contribution is -0.119. The lowest BCUT2D eigenvalue weighted by Gasteiger charge is -2.33. The summed E-state index contributed by atoms with van der Waals surface area (Å²) < 4.78 is 11.0. The largest absolute Gasteiger partial charge is 0.444 e. The minimum absolute atomic E-state index is 0.0732. The Bertz CT molecular complexity index is 605. The van der Waals surface area contributed by atoms with Crippen molar-refractivity contribution >= 4 is 49.8 Å². The standard InChI is InChI=1S/C21H34Br2N2O5/c1-20(2,3)29-18(27)24-11-7-9-13(24)15(22)17(26)16(23)14-10-8-12-25(14)19(28)30-21(4,5)6/h13-16H,7-12H2,1-6H3/t13-,14-,15?,16?/m0/s1. The maximum Gasteiger partial charge on any atom is 0.410 e. The highest BCUT2D eigenvalue weighted by atomic mass is 79.9. The van der Waals surface area contributed by atoms with Crippen LogP contribution in [0.15, 0.2) is 0 Å². The third kappa shape index (κ3) is 6.58. The van der Waals surface area contributed by atoms with Gasteiger partial charge in [0.25, 0.3) is 0 Å². The summed E-state index contributed by atoms with van der Waals surface area (Å²) in [5.74, 6) is -0.0732. The molecular weight excluding hydrogens is 520 g/mol. The van der Waals surface area contributed by atoms with E-state index in [9.17, 15) is 14.4 Å². The molecule has 0 aromatic carbocycles. The van der Waals surface area contributed by atoms with Gasteiger partial charge in [-0.1, -0.05) is 31.9 Å². The quantitative estimate of drug-likeness (QED) is 0.464. The van der Waals surface area contributed by atoms with E-state index >= 15 is 0 Å². The first kappa shape index (κ1) is 25.4. The zero-order chi connectivity index (χ0) is 22.9. The van der Waals surface area contributed by atoms with Crippen molar-refractivity contribution in [1.29, 1.82) is 0 Å². The zero-order valence-corrected chi connectivity index (χ0v) is 21.9. The van der Waals surface area contributed by atoms with Crippen LogP contribution in [0.3, 0.4) is 0 Å². The maximum atomic E-state index is 13.3. The molecule has 172 valence electrons. The van der Waals surface area contributed by atoms with Crippen LogP contribution in [-0.4, -0.2) is 73.8 Å². The van der Waals surface area contributed by atoms with Gasteiger partial charge in [-0.2, -0.15) is 0 Å². The topological polar surface area (TPSA) is 76.2 Å². The summed E-state index contributed by atoms with van der Waals surface area (Å²) in [4.78, 5) is 40.6. The second-order valence-electron chi connectivity index (χ2n) is 9.97. The predicted octanol–water partition coefficient (Wildman–Crippen LogP) is 4.88. The number of amides is 2. The number of ketones is 1. The Morgan fingerprint density at radius 3 is 1.40 bits per heavy atom. The predicted molar refractivity (Wildman–Crippen MR) is 122 cm³/mol. The summed E-state index contributed by atoms with van der Waals surface area (Å²) >= 11 is 7.10. The highest BCUT2D eigenvalue weighted by Crippen LogP contribution is 2.33. The van der Waals surface area contributed by atoms with Gasteiger partial charge in [0.15, 0.2) is 5.78 Å². The van der Waals surface area contributed by atoms with Gasteiger partial charge in [-0.05, 0) is 67.2 Å². The number of nitrogens with zero attached hydrogens (tertiary/aromatic N) is 2. The summed E-state index contributed by atoms with van der Waals surface area (Å²) in [7, 11) is 0. The van der Waals surface area contributed by atoms with Gasteiger partial charge in [-0.25, -0.2) is 9.59 Å². The number of likely N-dealkylation sites (tertiary alicyclic amines) is 2. The third-order valence-corrected chi connectivity index (χ3v) is 7.20. The van der Waals surface area contributed by atoms with Crippen molar-refractivity contribution in [3.8, 4) is 0 Å². The van der Waals surface area contributed by atoms with Crippen molar-refractivity contribution in [2.24, 2.45) is 0 Å². The van der Waals surface area contributed by atoms with Crippen LogP contribution in [0.25, 0.3) is 0 Å². The molecule has 7 nitrogen and oxygen atoms in total. The lowest BCUT2D eigenvalue weighted by atomic mass is 10.0. The SMILES string of the molecule is CC(C)(C)OC(=O)N1CCC[C@H]1C(Br)C(=O)C(Br)[C@@H]1CCCN1C(=O)OC(C)(C)C. The zero-order valence-electron chi connectivity index (χ0n) is 18.7. The van der Waals surface area contributed by atoms with Gasteiger partial charge in [-0.3, -0.25) is 4.79 Å². The molecule has 2 rings (SSSR count). The minimum atomic E-state index is -0.592. The molecule has 2 aliphatic heterocycles. The second kappa shape index (κ2) is 9.76. The molecule has 0 saturated carbocycles. The van der Waals surface area contributed by atoms with Crippen molar-refractivity contribution in [1.82, 2.24) is 9.80 Å². The van der Waals surface area contributed by atoms with E-state index in [-0.39, 0.29) is 17.9 Å². The van der Waals surface area contributed by atoms with E-state index in [1.807, 2.05) is 41.5 Å². The van der Waals surface area contributed by atoms with E-state index in [1.54, 1.807) is 9.80 Å². The normalized spacial score (nSPS) is 24.5. The fourth-order valence-electron chi connectivity index (χ4n) is 3.82. The van der Waals surface area contributed by atoms with E-state index in [0.717, 1.165) is 25.7 Å². The number of carbonyl (C=O) groups excluding carboxylic acids is 3. The van der Waals surface area contributed by atoms with Crippen LogP contribution in [0.1, 0.15) is 67.2 Å². The Morgan fingerprint density at radius 1 is 0.767 bits per heavy atom.